The van der Waals surface area contributed by atoms with Gasteiger partial charge in [0.05, 0.1) is 4.90 Å². The van der Waals surface area contributed by atoms with Crippen molar-refractivity contribution in [2.24, 2.45) is 0 Å². The molecule has 0 bridgehead atoms. The van der Waals surface area contributed by atoms with Crippen molar-refractivity contribution in [1.82, 2.24) is 0 Å². The minimum Gasteiger partial charge on any atom is -0.381 e. The largest absolute Gasteiger partial charge is 0.381 e. The molecule has 0 saturated carbocycles. The Balaban J connectivity index is 2.05. The van der Waals surface area contributed by atoms with Crippen molar-refractivity contribution in [3.05, 3.63) is 58.6 Å². The second-order valence-corrected chi connectivity index (χ2v) is 6.32. The van der Waals surface area contributed by atoms with Gasteiger partial charge >= 0.3 is 0 Å². The van der Waals surface area contributed by atoms with Crippen LogP contribution in [0.2, 0.25) is 0 Å². The fraction of sp³-hybridized carbons (Fsp3) is 0.0769. The molecule has 0 amide bonds. The van der Waals surface area contributed by atoms with Gasteiger partial charge in [-0.3, -0.25) is 4.55 Å². The normalized spacial score (nSPS) is 11.3. The Bertz CT molecular complexity index is 669. The summed E-state index contributed by atoms with van der Waals surface area (Å²) in [6, 6.07) is 13.8. The monoisotopic (exact) mass is 341 g/mol. The van der Waals surface area contributed by atoms with E-state index in [1.165, 1.54) is 12.1 Å². The molecule has 0 saturated heterocycles. The zero-order chi connectivity index (χ0) is 13.9. The summed E-state index contributed by atoms with van der Waals surface area (Å²) in [7, 11) is -4.13. The van der Waals surface area contributed by atoms with Crippen LogP contribution in [0.3, 0.4) is 0 Å². The van der Waals surface area contributed by atoms with Crippen molar-refractivity contribution in [3.8, 4) is 0 Å². The molecule has 0 radical (unpaired) electrons. The Labute approximate surface area is 120 Å². The Morgan fingerprint density at radius 3 is 2.37 bits per heavy atom. The molecule has 4 nitrogen and oxygen atoms in total. The first-order valence-electron chi connectivity index (χ1n) is 5.51. The van der Waals surface area contributed by atoms with Crippen LogP contribution >= 0.6 is 15.9 Å². The van der Waals surface area contributed by atoms with Gasteiger partial charge in [0, 0.05) is 16.7 Å². The van der Waals surface area contributed by atoms with E-state index in [4.69, 9.17) is 4.55 Å². The average Bonchev–Trinajstić information content (AvgIpc) is 2.36. The van der Waals surface area contributed by atoms with Crippen molar-refractivity contribution in [3.63, 3.8) is 0 Å². The summed E-state index contributed by atoms with van der Waals surface area (Å²) in [6.07, 6.45) is 0. The van der Waals surface area contributed by atoms with Crippen LogP contribution in [0.1, 0.15) is 5.56 Å². The summed E-state index contributed by atoms with van der Waals surface area (Å²) >= 11 is 3.40. The summed E-state index contributed by atoms with van der Waals surface area (Å²) in [6.45, 7) is 0.630. The lowest BCUT2D eigenvalue weighted by atomic mass is 10.2. The Morgan fingerprint density at radius 1 is 1.11 bits per heavy atom. The van der Waals surface area contributed by atoms with Crippen LogP contribution in [0.15, 0.2) is 57.9 Å². The molecule has 0 aliphatic carbocycles. The molecule has 0 fully saturated rings. The molecule has 0 unspecified atom stereocenters. The summed E-state index contributed by atoms with van der Waals surface area (Å²) in [5, 5.41) is 3.17. The van der Waals surface area contributed by atoms with Crippen LogP contribution in [-0.2, 0) is 16.7 Å². The third kappa shape index (κ3) is 4.05. The van der Waals surface area contributed by atoms with Gasteiger partial charge in [-0.05, 0) is 42.0 Å². The molecule has 100 valence electrons. The highest BCUT2D eigenvalue weighted by molar-refractivity contribution is 9.10. The Hall–Kier alpha value is -1.37. The third-order valence-electron chi connectivity index (χ3n) is 2.54. The van der Waals surface area contributed by atoms with Gasteiger partial charge in [-0.25, -0.2) is 0 Å². The van der Waals surface area contributed by atoms with E-state index in [1.54, 1.807) is 12.1 Å². The maximum Gasteiger partial charge on any atom is 0.294 e. The van der Waals surface area contributed by atoms with Crippen LogP contribution in [0, 0.1) is 0 Å². The summed E-state index contributed by atoms with van der Waals surface area (Å²) < 4.78 is 31.7. The third-order valence-corrected chi connectivity index (χ3v) is 3.90. The number of anilines is 1. The number of halogens is 1. The molecule has 2 rings (SSSR count). The van der Waals surface area contributed by atoms with E-state index in [2.05, 4.69) is 21.2 Å². The van der Waals surface area contributed by atoms with E-state index in [1.807, 2.05) is 24.3 Å². The van der Waals surface area contributed by atoms with Gasteiger partial charge in [-0.2, -0.15) is 8.42 Å². The molecule has 0 aromatic heterocycles. The lowest BCUT2D eigenvalue weighted by Gasteiger charge is -2.07. The van der Waals surface area contributed by atoms with Crippen molar-refractivity contribution < 1.29 is 13.0 Å². The van der Waals surface area contributed by atoms with Crippen LogP contribution in [0.25, 0.3) is 0 Å². The van der Waals surface area contributed by atoms with Crippen molar-refractivity contribution in [2.75, 3.05) is 5.32 Å². The predicted molar refractivity (Wildman–Crippen MR) is 77.7 cm³/mol. The van der Waals surface area contributed by atoms with Gasteiger partial charge in [0.1, 0.15) is 0 Å². The van der Waals surface area contributed by atoms with Crippen LogP contribution in [0.4, 0.5) is 5.69 Å². The second kappa shape index (κ2) is 5.73. The number of hydrogen-bond acceptors (Lipinski definition) is 3. The quantitative estimate of drug-likeness (QED) is 0.837. The highest BCUT2D eigenvalue weighted by Gasteiger charge is 2.08. The molecule has 2 N–H and O–H groups in total. The minimum atomic E-state index is -4.13. The number of rotatable bonds is 4. The number of hydrogen-bond donors (Lipinski definition) is 2. The molecule has 0 atom stereocenters. The van der Waals surface area contributed by atoms with Gasteiger partial charge in [-0.15, -0.1) is 0 Å². The second-order valence-electron chi connectivity index (χ2n) is 3.98. The van der Waals surface area contributed by atoms with Crippen molar-refractivity contribution in [2.45, 2.75) is 11.4 Å². The molecule has 0 aliphatic rings. The Kier molecular flexibility index (Phi) is 4.24. The van der Waals surface area contributed by atoms with E-state index in [0.717, 1.165) is 15.7 Å². The fourth-order valence-electron chi connectivity index (χ4n) is 1.60. The topological polar surface area (TPSA) is 66.4 Å². The van der Waals surface area contributed by atoms with Crippen LogP contribution in [0.5, 0.6) is 0 Å². The smallest absolute Gasteiger partial charge is 0.294 e. The molecule has 0 heterocycles. The highest BCUT2D eigenvalue weighted by Crippen LogP contribution is 2.16. The molecular weight excluding hydrogens is 330 g/mol. The van der Waals surface area contributed by atoms with Gasteiger partial charge in [0.15, 0.2) is 0 Å². The predicted octanol–water partition coefficient (Wildman–Crippen LogP) is 3.31. The van der Waals surface area contributed by atoms with E-state index < -0.39 is 10.1 Å². The lowest BCUT2D eigenvalue weighted by molar-refractivity contribution is 0.483. The summed E-state index contributed by atoms with van der Waals surface area (Å²) in [5.41, 5.74) is 1.89. The summed E-state index contributed by atoms with van der Waals surface area (Å²) in [5.74, 6) is 0. The zero-order valence-electron chi connectivity index (χ0n) is 9.88. The number of nitrogens with one attached hydrogen (secondary N) is 1. The molecule has 0 aliphatic heterocycles. The van der Waals surface area contributed by atoms with Gasteiger partial charge in [0.25, 0.3) is 10.1 Å². The molecule has 2 aromatic carbocycles. The highest BCUT2D eigenvalue weighted by atomic mass is 79.9. The van der Waals surface area contributed by atoms with E-state index in [-0.39, 0.29) is 4.90 Å². The molecule has 19 heavy (non-hydrogen) atoms. The van der Waals surface area contributed by atoms with Crippen LogP contribution in [-0.4, -0.2) is 13.0 Å². The van der Waals surface area contributed by atoms with Gasteiger partial charge < -0.3 is 5.32 Å². The Morgan fingerprint density at radius 2 is 1.79 bits per heavy atom. The fourth-order valence-corrected chi connectivity index (χ4v) is 2.52. The first-order chi connectivity index (χ1) is 8.95. The number of benzene rings is 2. The first-order valence-corrected chi connectivity index (χ1v) is 7.74. The maximum atomic E-state index is 10.9. The van der Waals surface area contributed by atoms with Crippen molar-refractivity contribution in [1.29, 1.82) is 0 Å². The van der Waals surface area contributed by atoms with E-state index in [9.17, 15) is 8.42 Å². The lowest BCUT2D eigenvalue weighted by Crippen LogP contribution is -2.01. The zero-order valence-corrected chi connectivity index (χ0v) is 12.3. The standard InChI is InChI=1S/C13H12BrNO3S/c14-11-3-1-2-10(8-11)9-15-12-4-6-13(7-5-12)19(16,17)18/h1-8,15H,9H2,(H,16,17,18). The molecule has 2 aromatic rings. The van der Waals surface area contributed by atoms with Crippen molar-refractivity contribution >= 4 is 31.7 Å². The van der Waals surface area contributed by atoms with Crippen LogP contribution < -0.4 is 5.32 Å². The first kappa shape index (κ1) is 14.0. The maximum absolute atomic E-state index is 10.9. The van der Waals surface area contributed by atoms with Gasteiger partial charge in [0.2, 0.25) is 0 Å². The van der Waals surface area contributed by atoms with E-state index in [0.29, 0.717) is 6.54 Å². The minimum absolute atomic E-state index is 0.111. The molecule has 6 heteroatoms. The average molecular weight is 342 g/mol. The SMILES string of the molecule is O=S(=O)(O)c1ccc(NCc2cccc(Br)c2)cc1. The summed E-state index contributed by atoms with van der Waals surface area (Å²) in [4.78, 5) is -0.111. The van der Waals surface area contributed by atoms with Gasteiger partial charge in [-0.1, -0.05) is 28.1 Å². The molecular formula is C13H12BrNO3S. The van der Waals surface area contributed by atoms with E-state index >= 15 is 0 Å². The molecule has 0 spiro atoms.